The van der Waals surface area contributed by atoms with Gasteiger partial charge >= 0.3 is 0 Å². The van der Waals surface area contributed by atoms with Gasteiger partial charge < -0.3 is 9.10 Å². The fourth-order valence-corrected chi connectivity index (χ4v) is 3.47. The highest BCUT2D eigenvalue weighted by atomic mass is 16.8. The Kier molecular flexibility index (Phi) is 1.37. The van der Waals surface area contributed by atoms with Crippen molar-refractivity contribution in [1.29, 1.82) is 0 Å². The third-order valence-corrected chi connectivity index (χ3v) is 4.02. The smallest absolute Gasteiger partial charge is 0.276 e. The van der Waals surface area contributed by atoms with Gasteiger partial charge in [0.2, 0.25) is 0 Å². The minimum absolute atomic E-state index is 0.103. The monoisotopic (exact) mass is 169 g/mol. The highest BCUT2D eigenvalue weighted by Crippen LogP contribution is 2.55. The molecule has 3 fully saturated rings. The lowest BCUT2D eigenvalue weighted by molar-refractivity contribution is -0.332. The molecule has 0 saturated carbocycles. The SMILES string of the molecule is COC12CCC3CCC(CC1)[O+]32. The molecular formula is C10H17O2+. The van der Waals surface area contributed by atoms with E-state index in [2.05, 4.69) is 4.37 Å². The van der Waals surface area contributed by atoms with E-state index >= 15 is 0 Å². The maximum Gasteiger partial charge on any atom is 0.276 e. The van der Waals surface area contributed by atoms with Gasteiger partial charge in [0.25, 0.3) is 5.79 Å². The van der Waals surface area contributed by atoms with Crippen LogP contribution in [0.5, 0.6) is 0 Å². The van der Waals surface area contributed by atoms with Gasteiger partial charge in [-0.3, -0.25) is 0 Å². The van der Waals surface area contributed by atoms with Gasteiger partial charge in [0, 0.05) is 32.8 Å². The first-order valence-electron chi connectivity index (χ1n) is 5.13. The van der Waals surface area contributed by atoms with E-state index in [0.29, 0.717) is 0 Å². The van der Waals surface area contributed by atoms with Gasteiger partial charge in [0.05, 0.1) is 12.8 Å². The van der Waals surface area contributed by atoms with E-state index in [0.717, 1.165) is 12.2 Å². The molecule has 0 radical (unpaired) electrons. The zero-order chi connectivity index (χ0) is 8.18. The van der Waals surface area contributed by atoms with Gasteiger partial charge in [-0.25, -0.2) is 0 Å². The van der Waals surface area contributed by atoms with Crippen molar-refractivity contribution in [2.24, 2.45) is 0 Å². The van der Waals surface area contributed by atoms with Crippen molar-refractivity contribution >= 4 is 0 Å². The quantitative estimate of drug-likeness (QED) is 0.547. The minimum atomic E-state index is 0.103. The van der Waals surface area contributed by atoms with E-state index in [1.807, 2.05) is 7.11 Å². The second kappa shape index (κ2) is 2.24. The lowest BCUT2D eigenvalue weighted by atomic mass is 10.1. The maximum atomic E-state index is 5.69. The van der Waals surface area contributed by atoms with Crippen LogP contribution in [0.2, 0.25) is 0 Å². The summed E-state index contributed by atoms with van der Waals surface area (Å²) in [6.45, 7) is 0. The summed E-state index contributed by atoms with van der Waals surface area (Å²) in [6.07, 6.45) is 9.53. The van der Waals surface area contributed by atoms with Crippen molar-refractivity contribution in [3.63, 3.8) is 0 Å². The van der Waals surface area contributed by atoms with Crippen LogP contribution < -0.4 is 0 Å². The van der Waals surface area contributed by atoms with E-state index in [-0.39, 0.29) is 5.79 Å². The van der Waals surface area contributed by atoms with Crippen LogP contribution in [0.15, 0.2) is 0 Å². The van der Waals surface area contributed by atoms with Crippen LogP contribution >= 0.6 is 0 Å². The summed E-state index contributed by atoms with van der Waals surface area (Å²) in [4.78, 5) is 0. The Morgan fingerprint density at radius 2 is 1.67 bits per heavy atom. The molecule has 0 aromatic carbocycles. The Balaban J connectivity index is 1.96. The molecule has 0 aromatic heterocycles. The topological polar surface area (TPSA) is 11.9 Å². The second-order valence-corrected chi connectivity index (χ2v) is 4.39. The van der Waals surface area contributed by atoms with Crippen LogP contribution in [-0.2, 0) is 9.10 Å². The van der Waals surface area contributed by atoms with E-state index in [9.17, 15) is 0 Å². The lowest BCUT2D eigenvalue weighted by Crippen LogP contribution is -2.36. The fraction of sp³-hybridized carbons (Fsp3) is 1.00. The average molecular weight is 169 g/mol. The van der Waals surface area contributed by atoms with Crippen LogP contribution in [0.25, 0.3) is 0 Å². The van der Waals surface area contributed by atoms with Crippen molar-refractivity contribution < 1.29 is 9.10 Å². The van der Waals surface area contributed by atoms with Gasteiger partial charge in [-0.15, -0.1) is 0 Å². The van der Waals surface area contributed by atoms with E-state index in [1.165, 1.54) is 38.5 Å². The standard InChI is InChI=1S/C10H17O2/c1-11-10-6-4-8-2-3-9(5-7-10)12(8)10/h8-9H,2-7H2,1H3/q+1. The molecule has 0 aromatic rings. The largest absolute Gasteiger partial charge is 0.391 e. The zero-order valence-corrected chi connectivity index (χ0v) is 7.71. The fourth-order valence-electron chi connectivity index (χ4n) is 3.47. The van der Waals surface area contributed by atoms with Crippen molar-refractivity contribution in [2.45, 2.75) is 56.5 Å². The molecule has 0 aliphatic carbocycles. The van der Waals surface area contributed by atoms with Gasteiger partial charge in [-0.2, -0.15) is 0 Å². The molecule has 12 heavy (non-hydrogen) atoms. The first-order valence-corrected chi connectivity index (χ1v) is 5.13. The second-order valence-electron chi connectivity index (χ2n) is 4.39. The highest BCUT2D eigenvalue weighted by Gasteiger charge is 2.63. The molecular weight excluding hydrogens is 152 g/mol. The van der Waals surface area contributed by atoms with E-state index in [1.54, 1.807) is 0 Å². The maximum absolute atomic E-state index is 5.69. The van der Waals surface area contributed by atoms with E-state index < -0.39 is 0 Å². The molecule has 3 aliphatic rings. The average Bonchev–Trinajstić information content (AvgIpc) is 2.73. The molecule has 3 heterocycles. The molecule has 2 atom stereocenters. The summed E-state index contributed by atoms with van der Waals surface area (Å²) in [5, 5.41) is 0. The molecule has 0 amide bonds. The molecule has 3 aliphatic heterocycles. The molecule has 0 N–H and O–H groups in total. The normalized spacial score (nSPS) is 51.8. The van der Waals surface area contributed by atoms with E-state index in [4.69, 9.17) is 4.74 Å². The van der Waals surface area contributed by atoms with Crippen LogP contribution in [0.1, 0.15) is 38.5 Å². The highest BCUT2D eigenvalue weighted by molar-refractivity contribution is 4.98. The van der Waals surface area contributed by atoms with Crippen LogP contribution in [0.4, 0.5) is 0 Å². The molecule has 0 bridgehead atoms. The van der Waals surface area contributed by atoms with Crippen molar-refractivity contribution in [1.82, 2.24) is 0 Å². The van der Waals surface area contributed by atoms with Gasteiger partial charge in [0.15, 0.2) is 12.2 Å². The van der Waals surface area contributed by atoms with Crippen molar-refractivity contribution in [3.8, 4) is 0 Å². The van der Waals surface area contributed by atoms with Gasteiger partial charge in [0.1, 0.15) is 0 Å². The van der Waals surface area contributed by atoms with Crippen molar-refractivity contribution in [3.05, 3.63) is 0 Å². The molecule has 68 valence electrons. The predicted molar refractivity (Wildman–Crippen MR) is 46.1 cm³/mol. The minimum Gasteiger partial charge on any atom is -0.391 e. The van der Waals surface area contributed by atoms with Gasteiger partial charge in [-0.1, -0.05) is 0 Å². The van der Waals surface area contributed by atoms with Gasteiger partial charge in [-0.05, 0) is 0 Å². The number of hydrogen-bond donors (Lipinski definition) is 0. The molecule has 2 nitrogen and oxygen atoms in total. The van der Waals surface area contributed by atoms with Crippen molar-refractivity contribution in [2.75, 3.05) is 7.11 Å². The molecule has 3 saturated heterocycles. The number of hydrogen-bond acceptors (Lipinski definition) is 1. The number of rotatable bonds is 1. The summed E-state index contributed by atoms with van der Waals surface area (Å²) in [6, 6.07) is 0. The van der Waals surface area contributed by atoms with Crippen LogP contribution in [0.3, 0.4) is 0 Å². The third kappa shape index (κ3) is 0.686. The Labute approximate surface area is 73.6 Å². The number of ether oxygens (including phenoxy) is 1. The van der Waals surface area contributed by atoms with Crippen LogP contribution in [0, 0.1) is 0 Å². The zero-order valence-electron chi connectivity index (χ0n) is 7.71. The molecule has 2 heteroatoms. The summed E-state index contributed by atoms with van der Waals surface area (Å²) >= 11 is 0. The third-order valence-electron chi connectivity index (χ3n) is 4.02. The Morgan fingerprint density at radius 1 is 1.08 bits per heavy atom. The first kappa shape index (κ1) is 7.34. The Hall–Kier alpha value is -0.0800. The summed E-state index contributed by atoms with van der Waals surface area (Å²) < 4.78 is 9.24. The lowest BCUT2D eigenvalue weighted by Gasteiger charge is -2.28. The summed E-state index contributed by atoms with van der Waals surface area (Å²) in [7, 11) is 1.87. The summed E-state index contributed by atoms with van der Waals surface area (Å²) in [5.41, 5.74) is 0. The molecule has 0 spiro atoms. The first-order chi connectivity index (χ1) is 5.86. The molecule has 2 unspecified atom stereocenters. The Morgan fingerprint density at radius 3 is 2.17 bits per heavy atom. The number of methoxy groups -OCH3 is 1. The molecule has 3 rings (SSSR count). The predicted octanol–water partition coefficient (Wildman–Crippen LogP) is 2.00. The van der Waals surface area contributed by atoms with Crippen LogP contribution in [-0.4, -0.2) is 25.1 Å². The summed E-state index contributed by atoms with van der Waals surface area (Å²) in [5.74, 6) is 0.103. The Bertz CT molecular complexity index is 186.